The Bertz CT molecular complexity index is 676. The second kappa shape index (κ2) is 8.15. The SMILES string of the molecule is CC(C)N(Cc1ccccc1)C(=O)c1ccc(NC2CCCC2)cn1. The average Bonchev–Trinajstić information content (AvgIpc) is 3.13. The fourth-order valence-corrected chi connectivity index (χ4v) is 3.33. The predicted octanol–water partition coefficient (Wildman–Crippen LogP) is 4.49. The van der Waals surface area contributed by atoms with E-state index >= 15 is 0 Å². The lowest BCUT2D eigenvalue weighted by molar-refractivity contribution is 0.0684. The molecule has 1 heterocycles. The van der Waals surface area contributed by atoms with E-state index in [0.717, 1.165) is 11.3 Å². The number of carbonyl (C=O) groups excluding carboxylic acids is 1. The number of rotatable bonds is 6. The first-order valence-corrected chi connectivity index (χ1v) is 9.21. The Labute approximate surface area is 150 Å². The molecule has 1 amide bonds. The third-order valence-electron chi connectivity index (χ3n) is 4.79. The van der Waals surface area contributed by atoms with Crippen LogP contribution in [0.1, 0.15) is 55.6 Å². The van der Waals surface area contributed by atoms with E-state index in [1.807, 2.05) is 61.2 Å². The van der Waals surface area contributed by atoms with Crippen LogP contribution in [-0.4, -0.2) is 27.9 Å². The summed E-state index contributed by atoms with van der Waals surface area (Å²) >= 11 is 0. The first-order chi connectivity index (χ1) is 12.1. The van der Waals surface area contributed by atoms with Crippen LogP contribution in [-0.2, 0) is 6.54 Å². The van der Waals surface area contributed by atoms with Gasteiger partial charge in [0, 0.05) is 18.6 Å². The molecule has 1 aromatic heterocycles. The number of carbonyl (C=O) groups is 1. The normalized spacial score (nSPS) is 14.7. The summed E-state index contributed by atoms with van der Waals surface area (Å²) in [6, 6.07) is 14.6. The van der Waals surface area contributed by atoms with Crippen molar-refractivity contribution in [3.63, 3.8) is 0 Å². The zero-order valence-corrected chi connectivity index (χ0v) is 15.1. The molecule has 0 saturated heterocycles. The van der Waals surface area contributed by atoms with Gasteiger partial charge >= 0.3 is 0 Å². The zero-order chi connectivity index (χ0) is 17.6. The van der Waals surface area contributed by atoms with E-state index < -0.39 is 0 Å². The van der Waals surface area contributed by atoms with Crippen molar-refractivity contribution in [1.82, 2.24) is 9.88 Å². The maximum absolute atomic E-state index is 12.9. The van der Waals surface area contributed by atoms with E-state index in [2.05, 4.69) is 10.3 Å². The maximum atomic E-state index is 12.9. The number of aromatic nitrogens is 1. The molecule has 2 aromatic rings. The summed E-state index contributed by atoms with van der Waals surface area (Å²) in [4.78, 5) is 19.2. The van der Waals surface area contributed by atoms with Crippen LogP contribution >= 0.6 is 0 Å². The molecule has 0 unspecified atom stereocenters. The van der Waals surface area contributed by atoms with E-state index in [1.165, 1.54) is 25.7 Å². The molecule has 132 valence electrons. The van der Waals surface area contributed by atoms with Gasteiger partial charge in [-0.25, -0.2) is 4.98 Å². The molecule has 25 heavy (non-hydrogen) atoms. The minimum absolute atomic E-state index is 0.0220. The maximum Gasteiger partial charge on any atom is 0.272 e. The largest absolute Gasteiger partial charge is 0.381 e. The minimum atomic E-state index is -0.0220. The first-order valence-electron chi connectivity index (χ1n) is 9.21. The smallest absolute Gasteiger partial charge is 0.272 e. The number of benzene rings is 1. The molecule has 1 saturated carbocycles. The van der Waals surface area contributed by atoms with E-state index in [-0.39, 0.29) is 11.9 Å². The highest BCUT2D eigenvalue weighted by Crippen LogP contribution is 2.22. The monoisotopic (exact) mass is 337 g/mol. The molecule has 1 aliphatic rings. The third-order valence-corrected chi connectivity index (χ3v) is 4.79. The fraction of sp³-hybridized carbons (Fsp3) is 0.429. The van der Waals surface area contributed by atoms with Crippen molar-refractivity contribution < 1.29 is 4.79 Å². The van der Waals surface area contributed by atoms with Gasteiger partial charge in [-0.1, -0.05) is 43.2 Å². The standard InChI is InChI=1S/C21H27N3O/c1-16(2)24(15-17-8-4-3-5-9-17)21(25)20-13-12-19(14-22-20)23-18-10-6-7-11-18/h3-5,8-9,12-14,16,18,23H,6-7,10-11,15H2,1-2H3. The van der Waals surface area contributed by atoms with Crippen LogP contribution in [0.15, 0.2) is 48.7 Å². The second-order valence-electron chi connectivity index (χ2n) is 7.07. The summed E-state index contributed by atoms with van der Waals surface area (Å²) in [5.74, 6) is -0.0220. The Kier molecular flexibility index (Phi) is 5.69. The first kappa shape index (κ1) is 17.5. The summed E-state index contributed by atoms with van der Waals surface area (Å²) in [6.07, 6.45) is 6.82. The molecule has 3 rings (SSSR count). The molecule has 0 atom stereocenters. The molecule has 4 heteroatoms. The summed E-state index contributed by atoms with van der Waals surface area (Å²) in [6.45, 7) is 4.68. The highest BCUT2D eigenvalue weighted by molar-refractivity contribution is 5.92. The minimum Gasteiger partial charge on any atom is -0.381 e. The molecule has 0 spiro atoms. The van der Waals surface area contributed by atoms with Crippen LogP contribution in [0.25, 0.3) is 0 Å². The van der Waals surface area contributed by atoms with Crippen molar-refractivity contribution in [2.45, 2.75) is 58.2 Å². The molecule has 1 aliphatic carbocycles. The summed E-state index contributed by atoms with van der Waals surface area (Å²) in [7, 11) is 0. The number of amides is 1. The topological polar surface area (TPSA) is 45.2 Å². The molecule has 4 nitrogen and oxygen atoms in total. The van der Waals surface area contributed by atoms with Gasteiger partial charge in [0.2, 0.25) is 0 Å². The van der Waals surface area contributed by atoms with Crippen molar-refractivity contribution in [2.75, 3.05) is 5.32 Å². The van der Waals surface area contributed by atoms with Crippen LogP contribution in [0.4, 0.5) is 5.69 Å². The van der Waals surface area contributed by atoms with E-state index in [9.17, 15) is 4.79 Å². The number of hydrogen-bond acceptors (Lipinski definition) is 3. The van der Waals surface area contributed by atoms with Crippen molar-refractivity contribution in [3.8, 4) is 0 Å². The van der Waals surface area contributed by atoms with Gasteiger partial charge in [0.15, 0.2) is 0 Å². The van der Waals surface area contributed by atoms with Crippen LogP contribution in [0, 0.1) is 0 Å². The number of anilines is 1. The van der Waals surface area contributed by atoms with Gasteiger partial charge in [0.1, 0.15) is 5.69 Å². The molecule has 0 bridgehead atoms. The zero-order valence-electron chi connectivity index (χ0n) is 15.1. The van der Waals surface area contributed by atoms with E-state index in [1.54, 1.807) is 6.20 Å². The quantitative estimate of drug-likeness (QED) is 0.845. The fourth-order valence-electron chi connectivity index (χ4n) is 3.33. The predicted molar refractivity (Wildman–Crippen MR) is 102 cm³/mol. The van der Waals surface area contributed by atoms with Crippen molar-refractivity contribution in [1.29, 1.82) is 0 Å². The van der Waals surface area contributed by atoms with Gasteiger partial charge in [0.25, 0.3) is 5.91 Å². The van der Waals surface area contributed by atoms with Crippen LogP contribution in [0.5, 0.6) is 0 Å². The number of nitrogens with zero attached hydrogens (tertiary/aromatic N) is 2. The second-order valence-corrected chi connectivity index (χ2v) is 7.07. The van der Waals surface area contributed by atoms with Crippen LogP contribution in [0.3, 0.4) is 0 Å². The molecule has 0 aliphatic heterocycles. The van der Waals surface area contributed by atoms with Gasteiger partial charge in [0.05, 0.1) is 11.9 Å². The van der Waals surface area contributed by atoms with Gasteiger partial charge < -0.3 is 10.2 Å². The number of pyridine rings is 1. The summed E-state index contributed by atoms with van der Waals surface area (Å²) in [5, 5.41) is 3.51. The summed E-state index contributed by atoms with van der Waals surface area (Å²) in [5.41, 5.74) is 2.63. The van der Waals surface area contributed by atoms with Gasteiger partial charge in [-0.3, -0.25) is 4.79 Å². The highest BCUT2D eigenvalue weighted by Gasteiger charge is 2.20. The van der Waals surface area contributed by atoms with Crippen molar-refractivity contribution >= 4 is 11.6 Å². The molecule has 0 radical (unpaired) electrons. The van der Waals surface area contributed by atoms with Crippen LogP contribution in [0.2, 0.25) is 0 Å². The number of hydrogen-bond donors (Lipinski definition) is 1. The Morgan fingerprint density at radius 1 is 1.16 bits per heavy atom. The molecular weight excluding hydrogens is 310 g/mol. The van der Waals surface area contributed by atoms with Gasteiger partial charge in [-0.2, -0.15) is 0 Å². The highest BCUT2D eigenvalue weighted by atomic mass is 16.2. The van der Waals surface area contributed by atoms with Gasteiger partial charge in [-0.05, 0) is 44.4 Å². The Balaban J connectivity index is 1.68. The molecule has 1 aromatic carbocycles. The third kappa shape index (κ3) is 4.59. The van der Waals surface area contributed by atoms with Crippen LogP contribution < -0.4 is 5.32 Å². The average molecular weight is 337 g/mol. The lowest BCUT2D eigenvalue weighted by Gasteiger charge is -2.26. The van der Waals surface area contributed by atoms with Gasteiger partial charge in [-0.15, -0.1) is 0 Å². The Morgan fingerprint density at radius 2 is 1.88 bits per heavy atom. The molecule has 1 N–H and O–H groups in total. The Hall–Kier alpha value is -2.36. The lowest BCUT2D eigenvalue weighted by atomic mass is 10.1. The molecule has 1 fully saturated rings. The molecular formula is C21H27N3O. The Morgan fingerprint density at radius 3 is 2.48 bits per heavy atom. The van der Waals surface area contributed by atoms with Crippen molar-refractivity contribution in [3.05, 3.63) is 59.9 Å². The van der Waals surface area contributed by atoms with Crippen molar-refractivity contribution in [2.24, 2.45) is 0 Å². The van der Waals surface area contributed by atoms with E-state index in [4.69, 9.17) is 0 Å². The number of nitrogens with one attached hydrogen (secondary N) is 1. The summed E-state index contributed by atoms with van der Waals surface area (Å²) < 4.78 is 0. The lowest BCUT2D eigenvalue weighted by Crippen LogP contribution is -2.36. The van der Waals surface area contributed by atoms with E-state index in [0.29, 0.717) is 18.3 Å².